The van der Waals surface area contributed by atoms with Crippen molar-refractivity contribution in [2.24, 2.45) is 0 Å². The van der Waals surface area contributed by atoms with Crippen molar-refractivity contribution >= 4 is 17.7 Å². The molecule has 22 heavy (non-hydrogen) atoms. The number of carbonyl (C=O) groups excluding carboxylic acids is 2. The number of hydrogen-bond acceptors (Lipinski definition) is 5. The summed E-state index contributed by atoms with van der Waals surface area (Å²) in [5, 5.41) is 5.90. The van der Waals surface area contributed by atoms with Gasteiger partial charge in [0.05, 0.1) is 12.7 Å². The average molecular weight is 308 g/mol. The highest BCUT2D eigenvalue weighted by Gasteiger charge is 2.15. The van der Waals surface area contributed by atoms with Gasteiger partial charge in [0, 0.05) is 18.8 Å². The minimum Gasteiger partial charge on any atom is -0.465 e. The van der Waals surface area contributed by atoms with E-state index in [4.69, 9.17) is 4.74 Å². The maximum absolute atomic E-state index is 11.4. The van der Waals surface area contributed by atoms with E-state index in [0.29, 0.717) is 18.7 Å². The third-order valence-corrected chi connectivity index (χ3v) is 2.66. The van der Waals surface area contributed by atoms with Crippen molar-refractivity contribution < 1.29 is 19.1 Å². The largest absolute Gasteiger partial charge is 0.465 e. The van der Waals surface area contributed by atoms with Crippen LogP contribution in [0.25, 0.3) is 0 Å². The first-order chi connectivity index (χ1) is 10.3. The summed E-state index contributed by atoms with van der Waals surface area (Å²) in [5.41, 5.74) is 0.938. The molecule has 0 fully saturated rings. The number of alkyl carbamates (subject to hydrolysis) is 1. The first-order valence-corrected chi connectivity index (χ1v) is 7.21. The molecule has 0 aromatic heterocycles. The van der Waals surface area contributed by atoms with Gasteiger partial charge in [0.1, 0.15) is 5.60 Å². The topological polar surface area (TPSA) is 76.7 Å². The third-order valence-electron chi connectivity index (χ3n) is 2.66. The predicted molar refractivity (Wildman–Crippen MR) is 85.1 cm³/mol. The summed E-state index contributed by atoms with van der Waals surface area (Å²) in [4.78, 5) is 22.7. The van der Waals surface area contributed by atoms with Gasteiger partial charge in [-0.1, -0.05) is 0 Å². The van der Waals surface area contributed by atoms with E-state index >= 15 is 0 Å². The number of carbonyl (C=O) groups is 2. The summed E-state index contributed by atoms with van der Waals surface area (Å²) in [6.07, 6.45) is 0.354. The minimum absolute atomic E-state index is 0.354. The lowest BCUT2D eigenvalue weighted by Crippen LogP contribution is -2.33. The smallest absolute Gasteiger partial charge is 0.407 e. The lowest BCUT2D eigenvalue weighted by Gasteiger charge is -2.19. The Hall–Kier alpha value is -2.24. The molecule has 1 rings (SSSR count). The average Bonchev–Trinajstić information content (AvgIpc) is 2.45. The molecule has 0 spiro atoms. The number of rotatable bonds is 6. The highest BCUT2D eigenvalue weighted by atomic mass is 16.6. The lowest BCUT2D eigenvalue weighted by molar-refractivity contribution is 0.0526. The normalized spacial score (nSPS) is 10.7. The van der Waals surface area contributed by atoms with E-state index in [1.807, 2.05) is 32.9 Å². The SMILES string of the molecule is COC(=O)c1ccc(NCCCNC(=O)OC(C)(C)C)cc1. The Labute approximate surface area is 131 Å². The van der Waals surface area contributed by atoms with Crippen LogP contribution in [0.4, 0.5) is 10.5 Å². The van der Waals surface area contributed by atoms with Gasteiger partial charge in [-0.05, 0) is 51.5 Å². The van der Waals surface area contributed by atoms with Crippen molar-refractivity contribution in [3.8, 4) is 0 Å². The van der Waals surface area contributed by atoms with Gasteiger partial charge in [-0.25, -0.2) is 9.59 Å². The number of hydrogen-bond donors (Lipinski definition) is 2. The van der Waals surface area contributed by atoms with Crippen LogP contribution < -0.4 is 10.6 Å². The monoisotopic (exact) mass is 308 g/mol. The van der Waals surface area contributed by atoms with Gasteiger partial charge in [0.25, 0.3) is 0 Å². The van der Waals surface area contributed by atoms with Crippen molar-refractivity contribution in [1.82, 2.24) is 5.32 Å². The van der Waals surface area contributed by atoms with Gasteiger partial charge >= 0.3 is 12.1 Å². The van der Waals surface area contributed by atoms with Gasteiger partial charge in [-0.15, -0.1) is 0 Å². The Kier molecular flexibility index (Phi) is 6.69. The quantitative estimate of drug-likeness (QED) is 0.624. The summed E-state index contributed by atoms with van der Waals surface area (Å²) < 4.78 is 9.77. The molecule has 0 bridgehead atoms. The molecule has 122 valence electrons. The fourth-order valence-electron chi connectivity index (χ4n) is 1.67. The zero-order valence-corrected chi connectivity index (χ0v) is 13.6. The summed E-state index contributed by atoms with van der Waals surface area (Å²) >= 11 is 0. The number of methoxy groups -OCH3 is 1. The van der Waals surface area contributed by atoms with E-state index in [-0.39, 0.29) is 5.97 Å². The van der Waals surface area contributed by atoms with Gasteiger partial charge in [0.15, 0.2) is 0 Å². The second-order valence-corrected chi connectivity index (χ2v) is 5.78. The Morgan fingerprint density at radius 3 is 2.27 bits per heavy atom. The molecule has 0 unspecified atom stereocenters. The second kappa shape index (κ2) is 8.26. The second-order valence-electron chi connectivity index (χ2n) is 5.78. The van der Waals surface area contributed by atoms with Crippen molar-refractivity contribution in [3.05, 3.63) is 29.8 Å². The summed E-state index contributed by atoms with van der Waals surface area (Å²) in [7, 11) is 1.35. The van der Waals surface area contributed by atoms with Crippen LogP contribution in [0.15, 0.2) is 24.3 Å². The molecule has 0 heterocycles. The Morgan fingerprint density at radius 2 is 1.73 bits per heavy atom. The van der Waals surface area contributed by atoms with Crippen LogP contribution in [-0.2, 0) is 9.47 Å². The van der Waals surface area contributed by atoms with Gasteiger partial charge in [0.2, 0.25) is 0 Å². The summed E-state index contributed by atoms with van der Waals surface area (Å²) in [5.74, 6) is -0.354. The number of amides is 1. The first-order valence-electron chi connectivity index (χ1n) is 7.21. The van der Waals surface area contributed by atoms with E-state index in [1.54, 1.807) is 12.1 Å². The molecule has 0 aliphatic heterocycles. The minimum atomic E-state index is -0.482. The molecule has 1 aromatic carbocycles. The van der Waals surface area contributed by atoms with Gasteiger partial charge in [-0.2, -0.15) is 0 Å². The van der Waals surface area contributed by atoms with Crippen LogP contribution in [0.1, 0.15) is 37.6 Å². The molecule has 1 aromatic rings. The molecular weight excluding hydrogens is 284 g/mol. The Balaban J connectivity index is 2.22. The molecule has 0 saturated carbocycles. The van der Waals surface area contributed by atoms with Crippen LogP contribution in [0.5, 0.6) is 0 Å². The molecule has 2 N–H and O–H groups in total. The lowest BCUT2D eigenvalue weighted by atomic mass is 10.2. The number of anilines is 1. The van der Waals surface area contributed by atoms with E-state index in [1.165, 1.54) is 7.11 Å². The van der Waals surface area contributed by atoms with E-state index < -0.39 is 11.7 Å². The zero-order chi connectivity index (χ0) is 16.6. The highest BCUT2D eigenvalue weighted by Crippen LogP contribution is 2.10. The van der Waals surface area contributed by atoms with E-state index in [0.717, 1.165) is 12.1 Å². The maximum Gasteiger partial charge on any atom is 0.407 e. The summed E-state index contributed by atoms with van der Waals surface area (Å²) in [6, 6.07) is 7.03. The first kappa shape index (κ1) is 17.8. The Bertz CT molecular complexity index is 492. The third kappa shape index (κ3) is 6.97. The standard InChI is InChI=1S/C16H24N2O4/c1-16(2,3)22-15(20)18-11-5-10-17-13-8-6-12(7-9-13)14(19)21-4/h6-9,17H,5,10-11H2,1-4H3,(H,18,20). The van der Waals surface area contributed by atoms with Gasteiger partial charge in [-0.3, -0.25) is 0 Å². The molecule has 0 atom stereocenters. The predicted octanol–water partition coefficient (Wildman–Crippen LogP) is 2.80. The molecule has 0 aliphatic carbocycles. The van der Waals surface area contributed by atoms with E-state index in [2.05, 4.69) is 15.4 Å². The molecule has 0 aliphatic rings. The van der Waals surface area contributed by atoms with Crippen LogP contribution in [-0.4, -0.2) is 37.9 Å². The molecule has 6 nitrogen and oxygen atoms in total. The van der Waals surface area contributed by atoms with E-state index in [9.17, 15) is 9.59 Å². The van der Waals surface area contributed by atoms with Crippen LogP contribution in [0.2, 0.25) is 0 Å². The van der Waals surface area contributed by atoms with Crippen LogP contribution in [0, 0.1) is 0 Å². The number of nitrogens with one attached hydrogen (secondary N) is 2. The molecule has 1 amide bonds. The van der Waals surface area contributed by atoms with Crippen molar-refractivity contribution in [2.45, 2.75) is 32.8 Å². The highest BCUT2D eigenvalue weighted by molar-refractivity contribution is 5.89. The fraction of sp³-hybridized carbons (Fsp3) is 0.500. The molecule has 0 radical (unpaired) electrons. The van der Waals surface area contributed by atoms with Crippen molar-refractivity contribution in [3.63, 3.8) is 0 Å². The van der Waals surface area contributed by atoms with Crippen molar-refractivity contribution in [1.29, 1.82) is 0 Å². The molecule has 0 saturated heterocycles. The molecular formula is C16H24N2O4. The van der Waals surface area contributed by atoms with Crippen LogP contribution in [0.3, 0.4) is 0 Å². The van der Waals surface area contributed by atoms with Crippen molar-refractivity contribution in [2.75, 3.05) is 25.5 Å². The fourth-order valence-corrected chi connectivity index (χ4v) is 1.67. The van der Waals surface area contributed by atoms with Crippen LogP contribution >= 0.6 is 0 Å². The van der Waals surface area contributed by atoms with Gasteiger partial charge < -0.3 is 20.1 Å². The zero-order valence-electron chi connectivity index (χ0n) is 13.6. The number of ether oxygens (including phenoxy) is 2. The summed E-state index contributed by atoms with van der Waals surface area (Å²) in [6.45, 7) is 6.71. The molecule has 6 heteroatoms. The Morgan fingerprint density at radius 1 is 1.09 bits per heavy atom. The number of benzene rings is 1. The maximum atomic E-state index is 11.4. The number of esters is 1.